The van der Waals surface area contributed by atoms with Gasteiger partial charge >= 0.3 is 0 Å². The maximum absolute atomic E-state index is 6.15. The number of methoxy groups -OCH3 is 1. The van der Waals surface area contributed by atoms with Gasteiger partial charge in [0, 0.05) is 18.6 Å². The molecule has 0 bridgehead atoms. The van der Waals surface area contributed by atoms with E-state index in [1.807, 2.05) is 37.3 Å². The molecule has 2 rings (SSSR count). The summed E-state index contributed by atoms with van der Waals surface area (Å²) >= 11 is 6.15. The summed E-state index contributed by atoms with van der Waals surface area (Å²) in [5, 5.41) is 2.81. The van der Waals surface area contributed by atoms with Crippen LogP contribution in [0, 0.1) is 0 Å². The predicted octanol–water partition coefficient (Wildman–Crippen LogP) is 3.10. The zero-order valence-electron chi connectivity index (χ0n) is 13.1. The van der Waals surface area contributed by atoms with Crippen LogP contribution in [0.15, 0.2) is 34.7 Å². The van der Waals surface area contributed by atoms with E-state index in [4.69, 9.17) is 25.5 Å². The summed E-state index contributed by atoms with van der Waals surface area (Å²) in [6.45, 7) is 5.48. The lowest BCUT2D eigenvalue weighted by Crippen LogP contribution is -2.82. The molecule has 120 valence electrons. The molecule has 5 heteroatoms. The molecule has 1 aromatic heterocycles. The van der Waals surface area contributed by atoms with E-state index in [1.165, 1.54) is 0 Å². The largest absolute Gasteiger partial charge is 0.495 e. The molecule has 2 N–H and O–H groups in total. The molecule has 0 amide bonds. The molecule has 0 fully saturated rings. The zero-order chi connectivity index (χ0) is 15.8. The molecule has 0 aliphatic rings. The van der Waals surface area contributed by atoms with Gasteiger partial charge in [-0.05, 0) is 37.3 Å². The van der Waals surface area contributed by atoms with E-state index in [-0.39, 0.29) is 0 Å². The van der Waals surface area contributed by atoms with E-state index in [1.54, 1.807) is 7.11 Å². The van der Waals surface area contributed by atoms with Gasteiger partial charge in [0.1, 0.15) is 18.1 Å². The average molecular weight is 325 g/mol. The fourth-order valence-corrected chi connectivity index (χ4v) is 2.44. The van der Waals surface area contributed by atoms with Gasteiger partial charge in [0.2, 0.25) is 0 Å². The van der Waals surface area contributed by atoms with Crippen LogP contribution >= 0.6 is 11.6 Å². The second kappa shape index (κ2) is 8.83. The maximum Gasteiger partial charge on any atom is 0.158 e. The molecule has 0 unspecified atom stereocenters. The molecule has 0 aliphatic heterocycles. The van der Waals surface area contributed by atoms with Gasteiger partial charge in [0.15, 0.2) is 5.76 Å². The van der Waals surface area contributed by atoms with Crippen molar-refractivity contribution in [2.24, 2.45) is 0 Å². The molecule has 0 saturated carbocycles. The normalized spacial score (nSPS) is 10.9. The third kappa shape index (κ3) is 4.77. The fourth-order valence-electron chi connectivity index (χ4n) is 2.18. The third-order valence-electron chi connectivity index (χ3n) is 3.34. The molecule has 2 aromatic rings. The van der Waals surface area contributed by atoms with E-state index in [0.29, 0.717) is 10.8 Å². The number of quaternary nitrogens is 1. The minimum absolute atomic E-state index is 0.584. The van der Waals surface area contributed by atoms with Gasteiger partial charge < -0.3 is 19.2 Å². The van der Waals surface area contributed by atoms with Crippen LogP contribution in [0.25, 0.3) is 11.3 Å². The van der Waals surface area contributed by atoms with Crippen molar-refractivity contribution < 1.29 is 19.2 Å². The quantitative estimate of drug-likeness (QED) is 0.721. The van der Waals surface area contributed by atoms with Crippen molar-refractivity contribution in [1.82, 2.24) is 0 Å². The van der Waals surface area contributed by atoms with Gasteiger partial charge in [-0.1, -0.05) is 11.6 Å². The van der Waals surface area contributed by atoms with Crippen molar-refractivity contribution >= 4 is 11.6 Å². The lowest BCUT2D eigenvalue weighted by molar-refractivity contribution is -0.672. The topological polar surface area (TPSA) is 48.2 Å². The number of rotatable bonds is 9. The highest BCUT2D eigenvalue weighted by Crippen LogP contribution is 2.30. The Morgan fingerprint density at radius 3 is 2.82 bits per heavy atom. The third-order valence-corrected chi connectivity index (χ3v) is 3.64. The summed E-state index contributed by atoms with van der Waals surface area (Å²) in [6, 6.07) is 9.63. The molecular weight excluding hydrogens is 302 g/mol. The highest BCUT2D eigenvalue weighted by molar-refractivity contribution is 6.32. The van der Waals surface area contributed by atoms with Gasteiger partial charge in [-0.15, -0.1) is 0 Å². The standard InChI is InChI=1S/C17H22ClNO3/c1-3-21-10-4-9-19-12-14-6-8-16(22-14)13-5-7-17(20-2)15(18)11-13/h5-8,11,19H,3-4,9-10,12H2,1-2H3/p+1. The number of benzene rings is 1. The van der Waals surface area contributed by atoms with Crippen molar-refractivity contribution in [3.8, 4) is 17.1 Å². The first-order chi connectivity index (χ1) is 10.7. The van der Waals surface area contributed by atoms with Crippen molar-refractivity contribution in [2.45, 2.75) is 19.9 Å². The summed E-state index contributed by atoms with van der Waals surface area (Å²) in [5.41, 5.74) is 0.952. The van der Waals surface area contributed by atoms with Gasteiger partial charge in [-0.3, -0.25) is 0 Å². The Morgan fingerprint density at radius 2 is 2.09 bits per heavy atom. The van der Waals surface area contributed by atoms with Crippen LogP contribution in [0.1, 0.15) is 19.1 Å². The Morgan fingerprint density at radius 1 is 1.23 bits per heavy atom. The molecule has 4 nitrogen and oxygen atoms in total. The first-order valence-corrected chi connectivity index (χ1v) is 7.94. The van der Waals surface area contributed by atoms with Crippen LogP contribution in [0.3, 0.4) is 0 Å². The Kier molecular flexibility index (Phi) is 6.77. The first kappa shape index (κ1) is 16.9. The smallest absolute Gasteiger partial charge is 0.158 e. The molecule has 0 spiro atoms. The van der Waals surface area contributed by atoms with Crippen LogP contribution in [0.4, 0.5) is 0 Å². The zero-order valence-corrected chi connectivity index (χ0v) is 13.9. The lowest BCUT2D eigenvalue weighted by atomic mass is 10.2. The van der Waals surface area contributed by atoms with E-state index in [0.717, 1.165) is 49.8 Å². The van der Waals surface area contributed by atoms with Crippen molar-refractivity contribution in [3.63, 3.8) is 0 Å². The predicted molar refractivity (Wildman–Crippen MR) is 87.3 cm³/mol. The highest BCUT2D eigenvalue weighted by atomic mass is 35.5. The molecule has 0 aliphatic carbocycles. The monoisotopic (exact) mass is 324 g/mol. The van der Waals surface area contributed by atoms with Crippen LogP contribution in [-0.4, -0.2) is 26.9 Å². The first-order valence-electron chi connectivity index (χ1n) is 7.56. The molecule has 0 atom stereocenters. The number of hydrogen-bond acceptors (Lipinski definition) is 3. The van der Waals surface area contributed by atoms with Crippen LogP contribution < -0.4 is 10.1 Å². The van der Waals surface area contributed by atoms with Gasteiger partial charge in [0.05, 0.1) is 25.3 Å². The average Bonchev–Trinajstić information content (AvgIpc) is 2.99. The van der Waals surface area contributed by atoms with E-state index in [9.17, 15) is 0 Å². The van der Waals surface area contributed by atoms with E-state index in [2.05, 4.69) is 5.32 Å². The van der Waals surface area contributed by atoms with Crippen molar-refractivity contribution in [2.75, 3.05) is 26.9 Å². The van der Waals surface area contributed by atoms with Crippen LogP contribution in [0.5, 0.6) is 5.75 Å². The number of furan rings is 1. The number of halogens is 1. The second-order valence-corrected chi connectivity index (χ2v) is 5.35. The Bertz CT molecular complexity index is 583. The van der Waals surface area contributed by atoms with Gasteiger partial charge in [-0.2, -0.15) is 0 Å². The van der Waals surface area contributed by atoms with Crippen molar-refractivity contribution in [3.05, 3.63) is 41.1 Å². The minimum Gasteiger partial charge on any atom is -0.495 e. The Hall–Kier alpha value is -1.49. The highest BCUT2D eigenvalue weighted by Gasteiger charge is 2.08. The number of ether oxygens (including phenoxy) is 2. The van der Waals surface area contributed by atoms with Crippen LogP contribution in [-0.2, 0) is 11.3 Å². The van der Waals surface area contributed by atoms with E-state index < -0.39 is 0 Å². The molecule has 1 aromatic carbocycles. The Balaban J connectivity index is 1.87. The Labute approximate surface area is 136 Å². The summed E-state index contributed by atoms with van der Waals surface area (Å²) < 4.78 is 16.3. The summed E-state index contributed by atoms with van der Waals surface area (Å²) in [6.07, 6.45) is 1.05. The summed E-state index contributed by atoms with van der Waals surface area (Å²) in [5.74, 6) is 2.44. The molecule has 1 heterocycles. The van der Waals surface area contributed by atoms with Gasteiger partial charge in [-0.25, -0.2) is 0 Å². The maximum atomic E-state index is 6.15. The van der Waals surface area contributed by atoms with Gasteiger partial charge in [0.25, 0.3) is 0 Å². The fraction of sp³-hybridized carbons (Fsp3) is 0.412. The molecular formula is C17H23ClNO3+. The molecule has 0 saturated heterocycles. The van der Waals surface area contributed by atoms with Crippen LogP contribution in [0.2, 0.25) is 5.02 Å². The van der Waals surface area contributed by atoms with E-state index >= 15 is 0 Å². The molecule has 0 radical (unpaired) electrons. The lowest BCUT2D eigenvalue weighted by Gasteiger charge is -2.04. The number of nitrogens with two attached hydrogens (primary N) is 1. The number of hydrogen-bond donors (Lipinski definition) is 1. The SMILES string of the molecule is CCOCCC[NH2+]Cc1ccc(-c2ccc(OC)c(Cl)c2)o1. The summed E-state index contributed by atoms with van der Waals surface area (Å²) in [4.78, 5) is 0. The van der Waals surface area contributed by atoms with Crippen molar-refractivity contribution in [1.29, 1.82) is 0 Å². The summed E-state index contributed by atoms with van der Waals surface area (Å²) in [7, 11) is 1.60. The minimum atomic E-state index is 0.584. The molecule has 22 heavy (non-hydrogen) atoms. The second-order valence-electron chi connectivity index (χ2n) is 4.95.